The van der Waals surface area contributed by atoms with E-state index in [1.54, 1.807) is 0 Å². The highest BCUT2D eigenvalue weighted by Gasteiger charge is 2.50. The van der Waals surface area contributed by atoms with E-state index in [0.717, 1.165) is 5.56 Å². The van der Waals surface area contributed by atoms with Gasteiger partial charge in [-0.3, -0.25) is 5.32 Å². The van der Waals surface area contributed by atoms with Gasteiger partial charge in [0.2, 0.25) is 0 Å². The summed E-state index contributed by atoms with van der Waals surface area (Å²) < 4.78 is 91.0. The second kappa shape index (κ2) is 9.12. The van der Waals surface area contributed by atoms with Crippen LogP contribution in [0, 0.1) is 12.0 Å². The molecule has 11 heteroatoms. The zero-order valence-corrected chi connectivity index (χ0v) is 20.1. The molecule has 1 amide bonds. The number of alkyl carbamates (subject to hydrolysis) is 1. The molecule has 2 N–H and O–H groups in total. The maximum Gasteiger partial charge on any atom is 0.416 e. The van der Waals surface area contributed by atoms with E-state index in [9.17, 15) is 31.1 Å². The second-order valence-corrected chi connectivity index (χ2v) is 10.0. The van der Waals surface area contributed by atoms with E-state index < -0.39 is 46.3 Å². The topological polar surface area (TPSA) is 59.6 Å². The van der Waals surface area contributed by atoms with E-state index in [1.807, 2.05) is 30.3 Å². The molecule has 202 valence electrons. The molecule has 1 aliphatic carbocycles. The van der Waals surface area contributed by atoms with Gasteiger partial charge in [-0.2, -0.15) is 26.3 Å². The Morgan fingerprint density at radius 3 is 2.03 bits per heavy atom. The van der Waals surface area contributed by atoms with E-state index in [1.165, 1.54) is 0 Å². The summed E-state index contributed by atoms with van der Waals surface area (Å²) in [4.78, 5) is 11.8. The predicted octanol–water partition coefficient (Wildman–Crippen LogP) is 5.84. The molecule has 2 heterocycles. The van der Waals surface area contributed by atoms with Crippen molar-refractivity contribution >= 4 is 6.09 Å². The minimum Gasteiger partial charge on any atom is -0.449 e. The minimum absolute atomic E-state index is 0.104. The molecule has 5 nitrogen and oxygen atoms in total. The van der Waals surface area contributed by atoms with Gasteiger partial charge in [-0.05, 0) is 60.9 Å². The summed E-state index contributed by atoms with van der Waals surface area (Å²) in [6.45, 7) is 0.680. The first-order chi connectivity index (χ1) is 17.9. The Kier molecular flexibility index (Phi) is 6.29. The lowest BCUT2D eigenvalue weighted by molar-refractivity contribution is -0.143. The molecular formula is C27H24F6N2O3. The van der Waals surface area contributed by atoms with Crippen LogP contribution in [0.1, 0.15) is 54.4 Å². The molecule has 2 saturated heterocycles. The quantitative estimate of drug-likeness (QED) is 0.381. The highest BCUT2D eigenvalue weighted by Crippen LogP contribution is 2.51. The number of benzene rings is 2. The maximum atomic E-state index is 13.4. The van der Waals surface area contributed by atoms with E-state index in [4.69, 9.17) is 9.47 Å². The lowest BCUT2D eigenvalue weighted by Gasteiger charge is -2.47. The van der Waals surface area contributed by atoms with Crippen molar-refractivity contribution in [3.8, 4) is 12.0 Å². The van der Waals surface area contributed by atoms with Crippen LogP contribution in [0.4, 0.5) is 31.1 Å². The number of cyclic esters (lactones) is 1. The van der Waals surface area contributed by atoms with Gasteiger partial charge in [0.25, 0.3) is 0 Å². The standard InChI is InChI=1S/C27H24F6N2O3/c28-26(29,30)20-14-19(15-21(16-20)27(31,32)33)25(8-9-25)38-13-11-24(18-4-2-1-3-5-18)7-6-23(17-34-24)10-12-37-22(36)35-23/h1-5,14-16,34H,6-10,12,17H2,(H,35,36)/t23?,24-/m1/s1. The molecule has 2 aromatic rings. The first-order valence-electron chi connectivity index (χ1n) is 12.1. The Bertz CT molecular complexity index is 1240. The zero-order chi connectivity index (χ0) is 27.2. The van der Waals surface area contributed by atoms with Crippen molar-refractivity contribution in [1.82, 2.24) is 10.6 Å². The van der Waals surface area contributed by atoms with Gasteiger partial charge in [0.15, 0.2) is 0 Å². The molecule has 0 aromatic heterocycles. The molecule has 2 aromatic carbocycles. The van der Waals surface area contributed by atoms with Crippen LogP contribution >= 0.6 is 0 Å². The third-order valence-electron chi connectivity index (χ3n) is 7.48. The van der Waals surface area contributed by atoms with Crippen molar-refractivity contribution in [2.45, 2.75) is 61.1 Å². The van der Waals surface area contributed by atoms with Crippen LogP contribution in [0.5, 0.6) is 0 Å². The second-order valence-electron chi connectivity index (χ2n) is 10.0. The van der Waals surface area contributed by atoms with Crippen LogP contribution in [0.2, 0.25) is 0 Å². The van der Waals surface area contributed by atoms with E-state index in [0.29, 0.717) is 44.5 Å². The molecule has 1 saturated carbocycles. The van der Waals surface area contributed by atoms with Crippen molar-refractivity contribution in [2.75, 3.05) is 13.2 Å². The van der Waals surface area contributed by atoms with Gasteiger partial charge in [-0.25, -0.2) is 4.79 Å². The summed E-state index contributed by atoms with van der Waals surface area (Å²) in [5.41, 5.74) is -4.89. The lowest BCUT2D eigenvalue weighted by Crippen LogP contribution is -2.65. The summed E-state index contributed by atoms with van der Waals surface area (Å²) in [5.74, 6) is 3.07. The highest BCUT2D eigenvalue weighted by molar-refractivity contribution is 5.69. The molecule has 3 fully saturated rings. The largest absolute Gasteiger partial charge is 0.449 e. The van der Waals surface area contributed by atoms with Crippen LogP contribution in [0.3, 0.4) is 0 Å². The van der Waals surface area contributed by atoms with Crippen LogP contribution in [0.25, 0.3) is 0 Å². The number of amides is 1. The summed E-state index contributed by atoms with van der Waals surface area (Å²) in [7, 11) is 0. The van der Waals surface area contributed by atoms with Gasteiger partial charge in [-0.1, -0.05) is 30.3 Å². The average molecular weight is 538 g/mol. The number of piperidine rings is 1. The summed E-state index contributed by atoms with van der Waals surface area (Å²) in [6, 6.07) is 10.8. The Balaban J connectivity index is 1.43. The minimum atomic E-state index is -4.95. The average Bonchev–Trinajstić information content (AvgIpc) is 3.66. The maximum absolute atomic E-state index is 13.4. The Hall–Kier alpha value is -3.39. The third kappa shape index (κ3) is 5.14. The Morgan fingerprint density at radius 2 is 1.50 bits per heavy atom. The van der Waals surface area contributed by atoms with Gasteiger partial charge in [0.05, 0.1) is 23.3 Å². The fraction of sp³-hybridized carbons (Fsp3) is 0.444. The van der Waals surface area contributed by atoms with Crippen molar-refractivity contribution in [3.63, 3.8) is 0 Å². The fourth-order valence-electron chi connectivity index (χ4n) is 5.04. The molecule has 0 bridgehead atoms. The molecule has 1 spiro atoms. The van der Waals surface area contributed by atoms with Gasteiger partial charge in [0.1, 0.15) is 17.2 Å². The summed E-state index contributed by atoms with van der Waals surface area (Å²) in [5, 5.41) is 6.29. The van der Waals surface area contributed by atoms with Crippen LogP contribution in [0.15, 0.2) is 48.5 Å². The Morgan fingerprint density at radius 1 is 0.842 bits per heavy atom. The number of nitrogens with one attached hydrogen (secondary N) is 2. The van der Waals surface area contributed by atoms with Gasteiger partial charge < -0.3 is 14.8 Å². The SMILES string of the molecule is O=C1NC2(CCO1)CC[C@@](C#COC1(c3cc(C(F)(F)F)cc(C(F)(F)F)c3)CC1)(c1ccccc1)NC2. The van der Waals surface area contributed by atoms with Crippen molar-refractivity contribution in [2.24, 2.45) is 0 Å². The molecule has 38 heavy (non-hydrogen) atoms. The van der Waals surface area contributed by atoms with Crippen LogP contribution in [-0.2, 0) is 33.0 Å². The third-order valence-corrected chi connectivity index (χ3v) is 7.48. The molecule has 3 aliphatic rings. The van der Waals surface area contributed by atoms with E-state index >= 15 is 0 Å². The first kappa shape index (κ1) is 26.2. The number of carbonyl (C=O) groups is 1. The van der Waals surface area contributed by atoms with E-state index in [-0.39, 0.29) is 24.5 Å². The summed E-state index contributed by atoms with van der Waals surface area (Å²) in [6.07, 6.45) is -5.62. The molecule has 5 rings (SSSR count). The zero-order valence-electron chi connectivity index (χ0n) is 20.1. The predicted molar refractivity (Wildman–Crippen MR) is 123 cm³/mol. The first-order valence-corrected chi connectivity index (χ1v) is 12.1. The fourth-order valence-corrected chi connectivity index (χ4v) is 5.04. The Labute approximate surface area is 214 Å². The lowest BCUT2D eigenvalue weighted by atomic mass is 9.75. The smallest absolute Gasteiger partial charge is 0.416 e. The molecule has 0 radical (unpaired) electrons. The van der Waals surface area contributed by atoms with Gasteiger partial charge in [0, 0.05) is 13.0 Å². The number of halogens is 6. The number of carbonyl (C=O) groups excluding carboxylic acids is 1. The molecule has 2 atom stereocenters. The highest BCUT2D eigenvalue weighted by atomic mass is 19.4. The number of ether oxygens (including phenoxy) is 2. The monoisotopic (exact) mass is 538 g/mol. The number of hydrogen-bond donors (Lipinski definition) is 2. The number of hydrogen-bond acceptors (Lipinski definition) is 4. The summed E-state index contributed by atoms with van der Waals surface area (Å²) >= 11 is 0. The molecule has 1 unspecified atom stereocenters. The van der Waals surface area contributed by atoms with Crippen molar-refractivity contribution < 1.29 is 40.6 Å². The van der Waals surface area contributed by atoms with Gasteiger partial charge in [-0.15, -0.1) is 0 Å². The molecule has 2 aliphatic heterocycles. The molecular weight excluding hydrogens is 514 g/mol. The van der Waals surface area contributed by atoms with Crippen LogP contribution < -0.4 is 10.6 Å². The van der Waals surface area contributed by atoms with Crippen molar-refractivity contribution in [3.05, 3.63) is 70.8 Å². The van der Waals surface area contributed by atoms with Gasteiger partial charge >= 0.3 is 18.4 Å². The van der Waals surface area contributed by atoms with E-state index in [2.05, 4.69) is 22.7 Å². The number of rotatable bonds is 3. The van der Waals surface area contributed by atoms with Crippen molar-refractivity contribution in [1.29, 1.82) is 0 Å². The number of alkyl halides is 6. The van der Waals surface area contributed by atoms with Crippen LogP contribution in [-0.4, -0.2) is 24.8 Å². The normalized spacial score (nSPS) is 26.5.